The molecule has 3 aromatic rings. The van der Waals surface area contributed by atoms with Crippen LogP contribution in [0.1, 0.15) is 62.1 Å². The Hall–Kier alpha value is -3.17. The summed E-state index contributed by atoms with van der Waals surface area (Å²) in [5, 5.41) is 3.19. The SMILES string of the molecule is CC(C)c1ccc(N(CC(=O)N(Cc2ccc(Br)cc2)[C@H](Cc2ccccc2)C(=O)NC2CCCC2)S(C)(=O)=O)cc1. The molecule has 0 heterocycles. The zero-order chi connectivity index (χ0) is 30.3. The van der Waals surface area contributed by atoms with E-state index in [9.17, 15) is 18.0 Å². The minimum absolute atomic E-state index is 0.0763. The first-order chi connectivity index (χ1) is 20.0. The standard InChI is InChI=1S/C33H40BrN3O4S/c1-24(2)27-15-19-30(20-16-27)37(42(3,40)41)23-32(38)36(22-26-13-17-28(34)18-14-26)31(21-25-9-5-4-6-10-25)33(39)35-29-11-7-8-12-29/h4-6,9-10,13-20,24,29,31H,7-8,11-12,21-23H2,1-3H3,(H,35,39)/t31-/m1/s1. The number of hydrogen-bond acceptors (Lipinski definition) is 4. The van der Waals surface area contributed by atoms with E-state index < -0.39 is 28.5 Å². The van der Waals surface area contributed by atoms with Crippen LogP contribution in [0, 0.1) is 0 Å². The summed E-state index contributed by atoms with van der Waals surface area (Å²) in [6.45, 7) is 3.87. The van der Waals surface area contributed by atoms with E-state index >= 15 is 0 Å². The van der Waals surface area contributed by atoms with Crippen molar-refractivity contribution >= 4 is 43.5 Å². The van der Waals surface area contributed by atoms with Crippen molar-refractivity contribution in [3.8, 4) is 0 Å². The normalized spacial score (nSPS) is 14.5. The van der Waals surface area contributed by atoms with Crippen LogP contribution in [0.2, 0.25) is 0 Å². The number of amides is 2. The van der Waals surface area contributed by atoms with E-state index in [-0.39, 0.29) is 24.4 Å². The van der Waals surface area contributed by atoms with Crippen molar-refractivity contribution in [3.05, 3.63) is 100 Å². The number of sulfonamides is 1. The van der Waals surface area contributed by atoms with Crippen LogP contribution in [0.15, 0.2) is 83.3 Å². The average molecular weight is 655 g/mol. The van der Waals surface area contributed by atoms with Gasteiger partial charge in [-0.05, 0) is 59.7 Å². The summed E-state index contributed by atoms with van der Waals surface area (Å²) in [6.07, 6.45) is 5.37. The van der Waals surface area contributed by atoms with Gasteiger partial charge in [0.25, 0.3) is 0 Å². The molecule has 0 saturated heterocycles. The number of nitrogens with zero attached hydrogens (tertiary/aromatic N) is 2. The summed E-state index contributed by atoms with van der Waals surface area (Å²) in [4.78, 5) is 29.7. The molecule has 0 aliphatic heterocycles. The van der Waals surface area contributed by atoms with Crippen molar-refractivity contribution in [1.29, 1.82) is 0 Å². The van der Waals surface area contributed by atoms with Crippen molar-refractivity contribution in [1.82, 2.24) is 10.2 Å². The van der Waals surface area contributed by atoms with Crippen molar-refractivity contribution in [2.75, 3.05) is 17.1 Å². The zero-order valence-corrected chi connectivity index (χ0v) is 26.9. The molecule has 2 amide bonds. The Labute approximate surface area is 258 Å². The highest BCUT2D eigenvalue weighted by atomic mass is 79.9. The van der Waals surface area contributed by atoms with Gasteiger partial charge in [-0.25, -0.2) is 8.42 Å². The highest BCUT2D eigenvalue weighted by Crippen LogP contribution is 2.24. The largest absolute Gasteiger partial charge is 0.352 e. The molecule has 1 saturated carbocycles. The third-order valence-electron chi connectivity index (χ3n) is 7.77. The predicted octanol–water partition coefficient (Wildman–Crippen LogP) is 6.04. The first-order valence-electron chi connectivity index (χ1n) is 14.5. The lowest BCUT2D eigenvalue weighted by Crippen LogP contribution is -2.54. The molecule has 0 spiro atoms. The molecule has 9 heteroatoms. The van der Waals surface area contributed by atoms with Crippen molar-refractivity contribution in [3.63, 3.8) is 0 Å². The summed E-state index contributed by atoms with van der Waals surface area (Å²) < 4.78 is 28.0. The van der Waals surface area contributed by atoms with Crippen LogP contribution in [0.25, 0.3) is 0 Å². The molecule has 7 nitrogen and oxygen atoms in total. The quantitative estimate of drug-likeness (QED) is 0.258. The van der Waals surface area contributed by atoms with Gasteiger partial charge in [0, 0.05) is 23.5 Å². The van der Waals surface area contributed by atoms with Crippen LogP contribution in [0.4, 0.5) is 5.69 Å². The van der Waals surface area contributed by atoms with Gasteiger partial charge in [-0.1, -0.05) is 97.2 Å². The maximum absolute atomic E-state index is 14.2. The van der Waals surface area contributed by atoms with E-state index in [0.29, 0.717) is 12.1 Å². The average Bonchev–Trinajstić information content (AvgIpc) is 3.47. The molecule has 0 unspecified atom stereocenters. The molecule has 42 heavy (non-hydrogen) atoms. The number of benzene rings is 3. The van der Waals surface area contributed by atoms with Crippen LogP contribution in [-0.2, 0) is 32.6 Å². The molecule has 0 bridgehead atoms. The number of nitrogens with one attached hydrogen (secondary N) is 1. The predicted molar refractivity (Wildman–Crippen MR) is 172 cm³/mol. The second-order valence-corrected chi connectivity index (χ2v) is 14.2. The smallest absolute Gasteiger partial charge is 0.244 e. The summed E-state index contributed by atoms with van der Waals surface area (Å²) in [7, 11) is -3.80. The number of halogens is 1. The minimum Gasteiger partial charge on any atom is -0.352 e. The lowest BCUT2D eigenvalue weighted by Gasteiger charge is -2.34. The molecule has 224 valence electrons. The topological polar surface area (TPSA) is 86.8 Å². The molecule has 1 fully saturated rings. The Morgan fingerprint density at radius 1 is 0.905 bits per heavy atom. The fourth-order valence-corrected chi connectivity index (χ4v) is 6.46. The molecule has 1 aliphatic carbocycles. The van der Waals surface area contributed by atoms with Gasteiger partial charge in [0.05, 0.1) is 11.9 Å². The maximum atomic E-state index is 14.2. The van der Waals surface area contributed by atoms with E-state index in [0.717, 1.165) is 57.4 Å². The van der Waals surface area contributed by atoms with E-state index in [1.165, 1.54) is 0 Å². The van der Waals surface area contributed by atoms with Gasteiger partial charge in [-0.2, -0.15) is 0 Å². The third kappa shape index (κ3) is 8.67. The molecule has 0 aromatic heterocycles. The molecule has 1 aliphatic rings. The lowest BCUT2D eigenvalue weighted by atomic mass is 10.0. The van der Waals surface area contributed by atoms with Crippen molar-refractivity contribution < 1.29 is 18.0 Å². The number of carbonyl (C=O) groups excluding carboxylic acids is 2. The van der Waals surface area contributed by atoms with Gasteiger partial charge >= 0.3 is 0 Å². The number of hydrogen-bond donors (Lipinski definition) is 1. The minimum atomic E-state index is -3.80. The summed E-state index contributed by atoms with van der Waals surface area (Å²) in [5.74, 6) is -0.381. The summed E-state index contributed by atoms with van der Waals surface area (Å²) >= 11 is 3.46. The van der Waals surface area contributed by atoms with Crippen LogP contribution >= 0.6 is 15.9 Å². The highest BCUT2D eigenvalue weighted by Gasteiger charge is 2.34. The van der Waals surface area contributed by atoms with Crippen LogP contribution in [-0.4, -0.2) is 50.0 Å². The lowest BCUT2D eigenvalue weighted by molar-refractivity contribution is -0.140. The van der Waals surface area contributed by atoms with Gasteiger partial charge in [0.15, 0.2) is 0 Å². The van der Waals surface area contributed by atoms with Gasteiger partial charge in [0.1, 0.15) is 12.6 Å². The van der Waals surface area contributed by atoms with Crippen molar-refractivity contribution in [2.45, 2.75) is 70.5 Å². The molecule has 3 aromatic carbocycles. The first kappa shape index (κ1) is 31.8. The monoisotopic (exact) mass is 653 g/mol. The number of carbonyl (C=O) groups is 2. The van der Waals surface area contributed by atoms with Gasteiger partial charge < -0.3 is 10.2 Å². The molecular weight excluding hydrogens is 614 g/mol. The van der Waals surface area contributed by atoms with E-state index in [2.05, 4.69) is 35.1 Å². The maximum Gasteiger partial charge on any atom is 0.244 e. The van der Waals surface area contributed by atoms with E-state index in [4.69, 9.17) is 0 Å². The fraction of sp³-hybridized carbons (Fsp3) is 0.394. The summed E-state index contributed by atoms with van der Waals surface area (Å²) in [6, 6.07) is 23.7. The fourth-order valence-electron chi connectivity index (χ4n) is 5.35. The van der Waals surface area contributed by atoms with E-state index in [1.807, 2.05) is 66.7 Å². The third-order valence-corrected chi connectivity index (χ3v) is 9.44. The highest BCUT2D eigenvalue weighted by molar-refractivity contribution is 9.10. The van der Waals surface area contributed by atoms with Crippen LogP contribution in [0.3, 0.4) is 0 Å². The van der Waals surface area contributed by atoms with Gasteiger partial charge in [-0.15, -0.1) is 0 Å². The Bertz CT molecular complexity index is 1440. The van der Waals surface area contributed by atoms with Gasteiger partial charge in [0.2, 0.25) is 21.8 Å². The van der Waals surface area contributed by atoms with Crippen molar-refractivity contribution in [2.24, 2.45) is 0 Å². The van der Waals surface area contributed by atoms with Gasteiger partial charge in [-0.3, -0.25) is 13.9 Å². The zero-order valence-electron chi connectivity index (χ0n) is 24.5. The molecule has 0 radical (unpaired) electrons. The Kier molecular flexibility index (Phi) is 10.8. The molecule has 1 atom stereocenters. The molecule has 1 N–H and O–H groups in total. The first-order valence-corrected chi connectivity index (χ1v) is 17.1. The second kappa shape index (κ2) is 14.3. The molecule has 4 rings (SSSR count). The Morgan fingerprint density at radius 2 is 1.52 bits per heavy atom. The van der Waals surface area contributed by atoms with E-state index in [1.54, 1.807) is 17.0 Å². The Balaban J connectivity index is 1.71. The molecular formula is C33H40BrN3O4S. The number of anilines is 1. The summed E-state index contributed by atoms with van der Waals surface area (Å²) in [5.41, 5.74) is 3.24. The second-order valence-electron chi connectivity index (χ2n) is 11.4. The Morgan fingerprint density at radius 3 is 2.10 bits per heavy atom. The number of rotatable bonds is 12. The van der Waals surface area contributed by atoms with Crippen LogP contribution < -0.4 is 9.62 Å². The van der Waals surface area contributed by atoms with Crippen LogP contribution in [0.5, 0.6) is 0 Å².